The van der Waals surface area contributed by atoms with Crippen LogP contribution in [0.25, 0.3) is 0 Å². The smallest absolute Gasteiger partial charge is 0.387 e. The van der Waals surface area contributed by atoms with Crippen LogP contribution in [0.15, 0.2) is 24.3 Å². The Kier molecular flexibility index (Phi) is 5.73. The van der Waals surface area contributed by atoms with Gasteiger partial charge in [-0.2, -0.15) is 8.78 Å². The van der Waals surface area contributed by atoms with E-state index in [1.807, 2.05) is 4.90 Å². The molecule has 1 aromatic carbocycles. The van der Waals surface area contributed by atoms with Gasteiger partial charge in [0.05, 0.1) is 5.69 Å². The van der Waals surface area contributed by atoms with E-state index in [1.54, 1.807) is 18.2 Å². The van der Waals surface area contributed by atoms with Gasteiger partial charge in [0, 0.05) is 25.0 Å². The van der Waals surface area contributed by atoms with Gasteiger partial charge >= 0.3 is 6.61 Å². The van der Waals surface area contributed by atoms with E-state index >= 15 is 0 Å². The van der Waals surface area contributed by atoms with Crippen LogP contribution in [0.1, 0.15) is 25.7 Å². The summed E-state index contributed by atoms with van der Waals surface area (Å²) < 4.78 is 29.8. The maximum absolute atomic E-state index is 12.6. The Morgan fingerprint density at radius 2 is 2.12 bits per heavy atom. The highest BCUT2D eigenvalue weighted by molar-refractivity contribution is 5.79. The zero-order valence-corrected chi connectivity index (χ0v) is 14.2. The number of benzene rings is 1. The van der Waals surface area contributed by atoms with Crippen molar-refractivity contribution in [1.82, 2.24) is 5.32 Å². The number of nitrogens with zero attached hydrogens (tertiary/aromatic N) is 1. The number of rotatable bonds is 6. The number of carbonyl (C=O) groups is 1. The van der Waals surface area contributed by atoms with Crippen LogP contribution in [0.2, 0.25) is 0 Å². The predicted octanol–water partition coefficient (Wildman–Crippen LogP) is 2.36. The molecule has 3 rings (SSSR count). The van der Waals surface area contributed by atoms with Gasteiger partial charge in [-0.05, 0) is 43.9 Å². The molecule has 1 saturated heterocycles. The van der Waals surface area contributed by atoms with Crippen molar-refractivity contribution in [2.75, 3.05) is 24.5 Å². The van der Waals surface area contributed by atoms with Crippen LogP contribution in [-0.4, -0.2) is 38.2 Å². The number of nitrogens with two attached hydrogens (primary N) is 1. The maximum atomic E-state index is 12.6. The van der Waals surface area contributed by atoms with Crippen LogP contribution >= 0.6 is 0 Å². The lowest BCUT2D eigenvalue weighted by molar-refractivity contribution is -0.126. The second-order valence-electron chi connectivity index (χ2n) is 6.82. The number of carbonyl (C=O) groups excluding carboxylic acids is 1. The molecule has 25 heavy (non-hydrogen) atoms. The Morgan fingerprint density at radius 1 is 1.32 bits per heavy atom. The highest BCUT2D eigenvalue weighted by Gasteiger charge is 2.34. The molecule has 0 radical (unpaired) electrons. The van der Waals surface area contributed by atoms with Crippen molar-refractivity contribution in [1.29, 1.82) is 0 Å². The van der Waals surface area contributed by atoms with Crippen molar-refractivity contribution in [2.45, 2.75) is 38.3 Å². The SMILES string of the molecule is NC[C@H]1CCC[C@H]1C(=O)NC1CCN(c2ccccc2OC(F)F)C1. The summed E-state index contributed by atoms with van der Waals surface area (Å²) in [6, 6.07) is 6.79. The molecule has 1 amide bonds. The van der Waals surface area contributed by atoms with Gasteiger partial charge in [0.25, 0.3) is 0 Å². The van der Waals surface area contributed by atoms with Crippen molar-refractivity contribution < 1.29 is 18.3 Å². The van der Waals surface area contributed by atoms with E-state index in [-0.39, 0.29) is 29.5 Å². The lowest BCUT2D eigenvalue weighted by Crippen LogP contribution is -2.42. The summed E-state index contributed by atoms with van der Waals surface area (Å²) in [6.07, 6.45) is 3.75. The molecular formula is C18H25F2N3O2. The molecule has 3 N–H and O–H groups in total. The van der Waals surface area contributed by atoms with Crippen molar-refractivity contribution in [3.63, 3.8) is 0 Å². The summed E-state index contributed by atoms with van der Waals surface area (Å²) in [7, 11) is 0. The molecule has 0 spiro atoms. The normalized spacial score (nSPS) is 26.2. The van der Waals surface area contributed by atoms with Gasteiger partial charge in [-0.1, -0.05) is 18.6 Å². The van der Waals surface area contributed by atoms with Crippen molar-refractivity contribution in [3.8, 4) is 5.75 Å². The Labute approximate surface area is 146 Å². The molecule has 1 saturated carbocycles. The zero-order chi connectivity index (χ0) is 17.8. The Morgan fingerprint density at radius 3 is 2.88 bits per heavy atom. The van der Waals surface area contributed by atoms with E-state index in [4.69, 9.17) is 5.73 Å². The molecule has 0 aromatic heterocycles. The first kappa shape index (κ1) is 17.9. The molecule has 2 aliphatic rings. The fourth-order valence-electron chi connectivity index (χ4n) is 3.98. The molecule has 1 aliphatic heterocycles. The minimum absolute atomic E-state index is 0.00787. The summed E-state index contributed by atoms with van der Waals surface area (Å²) in [5.41, 5.74) is 6.40. The molecule has 1 heterocycles. The third-order valence-electron chi connectivity index (χ3n) is 5.26. The average molecular weight is 353 g/mol. The summed E-state index contributed by atoms with van der Waals surface area (Å²) in [5.74, 6) is 0.534. The number of halogens is 2. The average Bonchev–Trinajstić information content (AvgIpc) is 3.23. The predicted molar refractivity (Wildman–Crippen MR) is 91.7 cm³/mol. The Bertz CT molecular complexity index is 599. The van der Waals surface area contributed by atoms with Crippen LogP contribution in [0.3, 0.4) is 0 Å². The quantitative estimate of drug-likeness (QED) is 0.824. The van der Waals surface area contributed by atoms with Crippen LogP contribution in [0.4, 0.5) is 14.5 Å². The molecule has 3 atom stereocenters. The number of amides is 1. The molecule has 2 fully saturated rings. The minimum Gasteiger partial charge on any atom is -0.433 e. The second-order valence-corrected chi connectivity index (χ2v) is 6.82. The highest BCUT2D eigenvalue weighted by Crippen LogP contribution is 2.33. The van der Waals surface area contributed by atoms with Gasteiger partial charge in [-0.15, -0.1) is 0 Å². The minimum atomic E-state index is -2.85. The standard InChI is InChI=1S/C18H25F2N3O2/c19-18(20)25-16-7-2-1-6-15(16)23-9-8-13(11-23)22-17(24)14-5-3-4-12(14)10-21/h1-2,6-7,12-14,18H,3-5,8-11,21H2,(H,22,24)/t12-,13?,14-/m1/s1. The number of hydrogen-bond acceptors (Lipinski definition) is 4. The molecular weight excluding hydrogens is 328 g/mol. The molecule has 1 unspecified atom stereocenters. The monoisotopic (exact) mass is 353 g/mol. The van der Waals surface area contributed by atoms with E-state index in [2.05, 4.69) is 10.1 Å². The first-order valence-electron chi connectivity index (χ1n) is 8.87. The molecule has 0 bridgehead atoms. The molecule has 7 heteroatoms. The van der Waals surface area contributed by atoms with E-state index in [0.717, 1.165) is 25.7 Å². The van der Waals surface area contributed by atoms with Crippen LogP contribution in [-0.2, 0) is 4.79 Å². The van der Waals surface area contributed by atoms with Crippen LogP contribution < -0.4 is 20.7 Å². The lowest BCUT2D eigenvalue weighted by Gasteiger charge is -2.23. The Hall–Kier alpha value is -1.89. The Balaban J connectivity index is 1.60. The first-order valence-corrected chi connectivity index (χ1v) is 8.87. The number of alkyl halides is 2. The molecule has 1 aromatic rings. The summed E-state index contributed by atoms with van der Waals surface area (Å²) >= 11 is 0. The van der Waals surface area contributed by atoms with Crippen molar-refractivity contribution >= 4 is 11.6 Å². The number of ether oxygens (including phenoxy) is 1. The van der Waals surface area contributed by atoms with Gasteiger partial charge in [-0.25, -0.2) is 0 Å². The van der Waals surface area contributed by atoms with Gasteiger partial charge in [0.1, 0.15) is 5.75 Å². The number of hydrogen-bond donors (Lipinski definition) is 2. The van der Waals surface area contributed by atoms with Crippen LogP contribution in [0, 0.1) is 11.8 Å². The largest absolute Gasteiger partial charge is 0.433 e. The lowest BCUT2D eigenvalue weighted by atomic mass is 9.95. The van der Waals surface area contributed by atoms with E-state index in [1.165, 1.54) is 6.07 Å². The molecule has 5 nitrogen and oxygen atoms in total. The fraction of sp³-hybridized carbons (Fsp3) is 0.611. The highest BCUT2D eigenvalue weighted by atomic mass is 19.3. The van der Waals surface area contributed by atoms with Gasteiger partial charge < -0.3 is 20.7 Å². The number of nitrogens with one attached hydrogen (secondary N) is 1. The van der Waals surface area contributed by atoms with Crippen molar-refractivity contribution in [2.24, 2.45) is 17.6 Å². The molecule has 1 aliphatic carbocycles. The first-order chi connectivity index (χ1) is 12.1. The van der Waals surface area contributed by atoms with Crippen LogP contribution in [0.5, 0.6) is 5.75 Å². The van der Waals surface area contributed by atoms with Gasteiger partial charge in [0.15, 0.2) is 0 Å². The van der Waals surface area contributed by atoms with E-state index in [9.17, 15) is 13.6 Å². The van der Waals surface area contributed by atoms with E-state index < -0.39 is 6.61 Å². The number of para-hydroxylation sites is 2. The zero-order valence-electron chi connectivity index (χ0n) is 14.2. The summed E-state index contributed by atoms with van der Waals surface area (Å²) in [5, 5.41) is 3.12. The third-order valence-corrected chi connectivity index (χ3v) is 5.26. The number of anilines is 1. The van der Waals surface area contributed by atoms with E-state index in [0.29, 0.717) is 25.3 Å². The summed E-state index contributed by atoms with van der Waals surface area (Å²) in [4.78, 5) is 14.5. The van der Waals surface area contributed by atoms with Gasteiger partial charge in [-0.3, -0.25) is 4.79 Å². The second kappa shape index (κ2) is 7.99. The fourth-order valence-corrected chi connectivity index (χ4v) is 3.98. The van der Waals surface area contributed by atoms with Crippen molar-refractivity contribution in [3.05, 3.63) is 24.3 Å². The topological polar surface area (TPSA) is 67.6 Å². The summed E-state index contributed by atoms with van der Waals surface area (Å²) in [6.45, 7) is -1.02. The van der Waals surface area contributed by atoms with Gasteiger partial charge in [0.2, 0.25) is 5.91 Å². The maximum Gasteiger partial charge on any atom is 0.387 e. The third kappa shape index (κ3) is 4.21. The molecule has 138 valence electrons.